The number of unbranched alkanes of at least 4 members (excludes halogenated alkanes) is 61. The average Bonchev–Trinajstić information content (AvgIpc) is 3.55. The fraction of sp³-hybridized carbons (Fsp3) is 0.924. The highest BCUT2D eigenvalue weighted by Crippen LogP contribution is 2.20. The molecule has 85 heavy (non-hydrogen) atoms. The number of aliphatic hydroxyl groups is 2. The van der Waals surface area contributed by atoms with Crippen molar-refractivity contribution in [1.82, 2.24) is 5.32 Å². The predicted octanol–water partition coefficient (Wildman–Crippen LogP) is 25.7. The van der Waals surface area contributed by atoms with E-state index in [0.717, 1.165) is 38.5 Å². The molecule has 6 nitrogen and oxygen atoms in total. The quantitative estimate of drug-likeness (QED) is 0.0320. The smallest absolute Gasteiger partial charge is 0.305 e. The number of ether oxygens (including phenoxy) is 1. The minimum absolute atomic E-state index is 0.0227. The lowest BCUT2D eigenvalue weighted by atomic mass is 10.0. The number of hydrogen-bond donors (Lipinski definition) is 3. The molecule has 0 rings (SSSR count). The maximum atomic E-state index is 12.5. The van der Waals surface area contributed by atoms with E-state index in [1.807, 2.05) is 6.08 Å². The first-order valence-corrected chi connectivity index (χ1v) is 39.1. The molecule has 6 heteroatoms. The van der Waals surface area contributed by atoms with Gasteiger partial charge in [0.2, 0.25) is 5.91 Å². The number of aliphatic hydroxyl groups excluding tert-OH is 2. The van der Waals surface area contributed by atoms with Crippen LogP contribution in [-0.2, 0) is 14.3 Å². The Morgan fingerprint density at radius 1 is 0.318 bits per heavy atom. The third-order valence-corrected chi connectivity index (χ3v) is 18.5. The van der Waals surface area contributed by atoms with Crippen molar-refractivity contribution in [2.75, 3.05) is 13.2 Å². The van der Waals surface area contributed by atoms with E-state index >= 15 is 0 Å². The summed E-state index contributed by atoms with van der Waals surface area (Å²) in [6.07, 6.45) is 96.0. The third-order valence-electron chi connectivity index (χ3n) is 18.5. The summed E-state index contributed by atoms with van der Waals surface area (Å²) in [6.45, 7) is 4.95. The van der Waals surface area contributed by atoms with Crippen LogP contribution in [0.4, 0.5) is 0 Å². The number of amides is 1. The Morgan fingerprint density at radius 2 is 0.553 bits per heavy atom. The molecule has 0 aliphatic rings. The molecule has 0 aliphatic heterocycles. The zero-order valence-corrected chi connectivity index (χ0v) is 57.9. The fourth-order valence-electron chi connectivity index (χ4n) is 12.5. The van der Waals surface area contributed by atoms with Gasteiger partial charge in [-0.2, -0.15) is 0 Å². The summed E-state index contributed by atoms with van der Waals surface area (Å²) in [5.41, 5.74) is 0. The average molecular weight is 1200 g/mol. The predicted molar refractivity (Wildman–Crippen MR) is 375 cm³/mol. The maximum Gasteiger partial charge on any atom is 0.305 e. The Balaban J connectivity index is 3.34. The topological polar surface area (TPSA) is 95.9 Å². The van der Waals surface area contributed by atoms with Crippen LogP contribution in [0.25, 0.3) is 0 Å². The SMILES string of the molecule is CCCCCCCCCCCCCCCCCC/C=C/C(O)C(CO)NC(=O)CCCCCCCCCCCCCCCCCCC/C=C\CCCCCCCCCCCCCCCCCCCCOC(=O)CCCCCCCCCCCCC. The summed E-state index contributed by atoms with van der Waals surface area (Å²) in [4.78, 5) is 24.5. The lowest BCUT2D eigenvalue weighted by molar-refractivity contribution is -0.143. The number of carbonyl (C=O) groups excluding carboxylic acids is 2. The standard InChI is InChI=1S/C79H153NO5/c1-3-5-7-9-11-13-15-16-17-18-42-45-48-52-55-59-63-67-71-77(82)76(75-81)80-78(83)72-68-64-60-56-53-49-46-43-40-38-36-34-32-30-28-26-24-22-20-19-21-23-25-27-29-31-33-35-37-39-41-44-47-50-54-58-62-66-70-74-85-79(84)73-69-65-61-57-51-14-12-10-8-6-4-2/h19-20,67,71,76-77,81-82H,3-18,21-66,68-70,72-75H2,1-2H3,(H,80,83)/b20-19-,71-67+. The van der Waals surface area contributed by atoms with E-state index in [4.69, 9.17) is 4.74 Å². The Bertz CT molecular complexity index is 1330. The summed E-state index contributed by atoms with van der Waals surface area (Å²) in [6, 6.07) is -0.625. The minimum Gasteiger partial charge on any atom is -0.466 e. The summed E-state index contributed by atoms with van der Waals surface area (Å²) in [5.74, 6) is -0.0369. The fourth-order valence-corrected chi connectivity index (χ4v) is 12.5. The highest BCUT2D eigenvalue weighted by atomic mass is 16.5. The monoisotopic (exact) mass is 1200 g/mol. The molecule has 0 aliphatic carbocycles. The molecule has 2 unspecified atom stereocenters. The van der Waals surface area contributed by atoms with Crippen LogP contribution in [0.5, 0.6) is 0 Å². The lowest BCUT2D eigenvalue weighted by Gasteiger charge is -2.20. The van der Waals surface area contributed by atoms with Crippen molar-refractivity contribution >= 4 is 11.9 Å². The highest BCUT2D eigenvalue weighted by Gasteiger charge is 2.18. The van der Waals surface area contributed by atoms with Gasteiger partial charge in [0.1, 0.15) is 0 Å². The number of allylic oxidation sites excluding steroid dienone is 3. The molecule has 504 valence electrons. The van der Waals surface area contributed by atoms with Crippen LogP contribution >= 0.6 is 0 Å². The Morgan fingerprint density at radius 3 is 0.835 bits per heavy atom. The molecule has 0 radical (unpaired) electrons. The van der Waals surface area contributed by atoms with Gasteiger partial charge in [-0.1, -0.05) is 398 Å². The molecule has 0 saturated carbocycles. The molecule has 0 saturated heterocycles. The van der Waals surface area contributed by atoms with Crippen molar-refractivity contribution in [3.05, 3.63) is 24.3 Å². The van der Waals surface area contributed by atoms with Gasteiger partial charge >= 0.3 is 5.97 Å². The highest BCUT2D eigenvalue weighted by molar-refractivity contribution is 5.76. The van der Waals surface area contributed by atoms with E-state index < -0.39 is 12.1 Å². The number of esters is 1. The van der Waals surface area contributed by atoms with E-state index in [1.54, 1.807) is 6.08 Å². The molecule has 0 aromatic rings. The van der Waals surface area contributed by atoms with Crippen LogP contribution in [0.2, 0.25) is 0 Å². The summed E-state index contributed by atoms with van der Waals surface area (Å²) >= 11 is 0. The minimum atomic E-state index is -0.841. The van der Waals surface area contributed by atoms with E-state index in [0.29, 0.717) is 19.4 Å². The zero-order chi connectivity index (χ0) is 61.3. The second kappa shape index (κ2) is 74.8. The second-order valence-electron chi connectivity index (χ2n) is 27.0. The van der Waals surface area contributed by atoms with Gasteiger partial charge in [0.25, 0.3) is 0 Å². The number of carbonyl (C=O) groups is 2. The van der Waals surface area contributed by atoms with Gasteiger partial charge in [-0.15, -0.1) is 0 Å². The molecule has 3 N–H and O–H groups in total. The van der Waals surface area contributed by atoms with E-state index in [9.17, 15) is 19.8 Å². The molecular formula is C79H153NO5. The summed E-state index contributed by atoms with van der Waals surface area (Å²) in [7, 11) is 0. The summed E-state index contributed by atoms with van der Waals surface area (Å²) < 4.78 is 5.48. The van der Waals surface area contributed by atoms with Gasteiger partial charge in [0.05, 0.1) is 25.4 Å². The van der Waals surface area contributed by atoms with Crippen LogP contribution < -0.4 is 5.32 Å². The molecule has 0 heterocycles. The second-order valence-corrected chi connectivity index (χ2v) is 27.0. The Labute approximate surface area is 532 Å². The van der Waals surface area contributed by atoms with Crippen molar-refractivity contribution < 1.29 is 24.5 Å². The van der Waals surface area contributed by atoms with E-state index in [-0.39, 0.29) is 18.5 Å². The van der Waals surface area contributed by atoms with Crippen LogP contribution in [0.15, 0.2) is 24.3 Å². The molecule has 0 fully saturated rings. The van der Waals surface area contributed by atoms with Gasteiger partial charge in [-0.3, -0.25) is 9.59 Å². The molecular weight excluding hydrogens is 1040 g/mol. The first kappa shape index (κ1) is 83.3. The first-order chi connectivity index (χ1) is 42.0. The molecule has 0 bridgehead atoms. The van der Waals surface area contributed by atoms with Crippen molar-refractivity contribution in [1.29, 1.82) is 0 Å². The Kier molecular flexibility index (Phi) is 73.3. The van der Waals surface area contributed by atoms with Crippen LogP contribution in [0.1, 0.15) is 444 Å². The number of hydrogen-bond acceptors (Lipinski definition) is 5. The van der Waals surface area contributed by atoms with Crippen LogP contribution in [-0.4, -0.2) is 47.4 Å². The van der Waals surface area contributed by atoms with Gasteiger partial charge < -0.3 is 20.3 Å². The van der Waals surface area contributed by atoms with E-state index in [2.05, 4.69) is 31.3 Å². The van der Waals surface area contributed by atoms with Crippen molar-refractivity contribution in [2.45, 2.75) is 456 Å². The molecule has 1 amide bonds. The van der Waals surface area contributed by atoms with Gasteiger partial charge in [0, 0.05) is 12.8 Å². The van der Waals surface area contributed by atoms with Crippen LogP contribution in [0.3, 0.4) is 0 Å². The van der Waals surface area contributed by atoms with Gasteiger partial charge in [-0.05, 0) is 57.8 Å². The van der Waals surface area contributed by atoms with Gasteiger partial charge in [0.15, 0.2) is 0 Å². The lowest BCUT2D eigenvalue weighted by Crippen LogP contribution is -2.45. The number of rotatable bonds is 74. The van der Waals surface area contributed by atoms with Crippen molar-refractivity contribution in [3.63, 3.8) is 0 Å². The largest absolute Gasteiger partial charge is 0.466 e. The maximum absolute atomic E-state index is 12.5. The van der Waals surface area contributed by atoms with Crippen molar-refractivity contribution in [2.24, 2.45) is 0 Å². The Hall–Kier alpha value is -1.66. The van der Waals surface area contributed by atoms with Crippen LogP contribution in [0, 0.1) is 0 Å². The summed E-state index contributed by atoms with van der Waals surface area (Å²) in [5, 5.41) is 23.2. The third kappa shape index (κ3) is 71.3. The molecule has 0 aromatic heterocycles. The van der Waals surface area contributed by atoms with Crippen molar-refractivity contribution in [3.8, 4) is 0 Å². The van der Waals surface area contributed by atoms with E-state index in [1.165, 1.54) is 379 Å². The molecule has 2 atom stereocenters. The molecule has 0 spiro atoms. The number of nitrogens with one attached hydrogen (secondary N) is 1. The molecule has 0 aromatic carbocycles. The zero-order valence-electron chi connectivity index (χ0n) is 57.9. The normalized spacial score (nSPS) is 12.6. The first-order valence-electron chi connectivity index (χ1n) is 39.1. The van der Waals surface area contributed by atoms with Gasteiger partial charge in [-0.25, -0.2) is 0 Å².